The van der Waals surface area contributed by atoms with Crippen molar-refractivity contribution in [2.24, 2.45) is 5.41 Å². The van der Waals surface area contributed by atoms with E-state index in [0.29, 0.717) is 18.7 Å². The lowest BCUT2D eigenvalue weighted by Gasteiger charge is -2.40. The molecule has 0 atom stereocenters. The number of carbonyl (C=O) groups is 1. The van der Waals surface area contributed by atoms with E-state index in [-0.39, 0.29) is 11.7 Å². The van der Waals surface area contributed by atoms with Crippen molar-refractivity contribution in [1.82, 2.24) is 20.6 Å². The van der Waals surface area contributed by atoms with Crippen LogP contribution >= 0.6 is 0 Å². The number of anilines is 1. The monoisotopic (exact) mass is 365 g/mol. The van der Waals surface area contributed by atoms with Crippen molar-refractivity contribution in [1.29, 1.82) is 0 Å². The standard InChI is InChI=1S/C20H20FN5O/c21-16-4-1-3-15(11-16)13-20(9-2-10-20)19(27)22-17-7-5-14(6-8-17)12-18-23-25-26-24-18/h1,3-8,11H,2,9-10,12-13H2,(H,22,27)(H,23,24,25,26). The molecule has 0 spiro atoms. The number of amides is 1. The number of carbonyl (C=O) groups excluding carboxylic acids is 1. The van der Waals surface area contributed by atoms with Gasteiger partial charge in [0.1, 0.15) is 5.82 Å². The van der Waals surface area contributed by atoms with Crippen molar-refractivity contribution in [2.45, 2.75) is 32.1 Å². The summed E-state index contributed by atoms with van der Waals surface area (Å²) in [4.78, 5) is 12.9. The van der Waals surface area contributed by atoms with E-state index < -0.39 is 5.41 Å². The third-order valence-electron chi connectivity index (χ3n) is 5.19. The molecule has 1 heterocycles. The molecule has 27 heavy (non-hydrogen) atoms. The fraction of sp³-hybridized carbons (Fsp3) is 0.300. The summed E-state index contributed by atoms with van der Waals surface area (Å²) in [6.07, 6.45) is 3.81. The number of hydrogen-bond donors (Lipinski definition) is 2. The SMILES string of the molecule is O=C(Nc1ccc(Cc2nn[nH]n2)cc1)C1(Cc2cccc(F)c2)CCC1. The number of aromatic nitrogens is 4. The highest BCUT2D eigenvalue weighted by Crippen LogP contribution is 2.44. The van der Waals surface area contributed by atoms with Gasteiger partial charge in [-0.2, -0.15) is 5.21 Å². The van der Waals surface area contributed by atoms with E-state index in [9.17, 15) is 9.18 Å². The lowest BCUT2D eigenvalue weighted by molar-refractivity contribution is -0.130. The number of hydrogen-bond acceptors (Lipinski definition) is 4. The second kappa shape index (κ2) is 7.26. The summed E-state index contributed by atoms with van der Waals surface area (Å²) in [6.45, 7) is 0. The first-order chi connectivity index (χ1) is 13.1. The number of benzene rings is 2. The maximum atomic E-state index is 13.5. The number of nitrogens with one attached hydrogen (secondary N) is 2. The van der Waals surface area contributed by atoms with Gasteiger partial charge in [0.15, 0.2) is 5.82 Å². The summed E-state index contributed by atoms with van der Waals surface area (Å²) in [7, 11) is 0. The molecule has 138 valence electrons. The molecule has 0 radical (unpaired) electrons. The van der Waals surface area contributed by atoms with Gasteiger partial charge in [-0.3, -0.25) is 4.79 Å². The van der Waals surface area contributed by atoms with Crippen LogP contribution in [-0.2, 0) is 17.6 Å². The molecule has 4 rings (SSSR count). The second-order valence-corrected chi connectivity index (χ2v) is 7.10. The predicted octanol–water partition coefficient (Wildman–Crippen LogP) is 3.28. The minimum atomic E-state index is -0.447. The van der Waals surface area contributed by atoms with Gasteiger partial charge in [-0.05, 0) is 54.7 Å². The highest BCUT2D eigenvalue weighted by atomic mass is 19.1. The fourth-order valence-electron chi connectivity index (χ4n) is 3.53. The summed E-state index contributed by atoms with van der Waals surface area (Å²) in [5.74, 6) is 0.360. The summed E-state index contributed by atoms with van der Waals surface area (Å²) >= 11 is 0. The third-order valence-corrected chi connectivity index (χ3v) is 5.19. The van der Waals surface area contributed by atoms with Gasteiger partial charge in [0.2, 0.25) is 5.91 Å². The molecule has 6 nitrogen and oxygen atoms in total. The van der Waals surface area contributed by atoms with Crippen molar-refractivity contribution in [2.75, 3.05) is 5.32 Å². The molecule has 1 aliphatic rings. The van der Waals surface area contributed by atoms with Crippen LogP contribution in [0.3, 0.4) is 0 Å². The zero-order chi connectivity index (χ0) is 18.7. The van der Waals surface area contributed by atoms with Crippen molar-refractivity contribution in [3.8, 4) is 0 Å². The van der Waals surface area contributed by atoms with Crippen LogP contribution in [0.25, 0.3) is 0 Å². The summed E-state index contributed by atoms with van der Waals surface area (Å²) in [5.41, 5.74) is 2.20. The van der Waals surface area contributed by atoms with Gasteiger partial charge >= 0.3 is 0 Å². The second-order valence-electron chi connectivity index (χ2n) is 7.10. The molecule has 0 bridgehead atoms. The molecule has 0 aliphatic heterocycles. The number of nitrogens with zero attached hydrogens (tertiary/aromatic N) is 3. The first-order valence-corrected chi connectivity index (χ1v) is 9.00. The molecule has 1 saturated carbocycles. The molecule has 7 heteroatoms. The summed E-state index contributed by atoms with van der Waals surface area (Å²) in [6, 6.07) is 14.1. The van der Waals surface area contributed by atoms with Crippen LogP contribution in [-0.4, -0.2) is 26.5 Å². The molecule has 2 aromatic carbocycles. The number of halogens is 1. The third kappa shape index (κ3) is 3.86. The minimum Gasteiger partial charge on any atom is -0.326 e. The first-order valence-electron chi connectivity index (χ1n) is 9.00. The van der Waals surface area contributed by atoms with Gasteiger partial charge in [-0.15, -0.1) is 10.2 Å². The number of tetrazole rings is 1. The first kappa shape index (κ1) is 17.3. The Labute approximate surface area is 156 Å². The van der Waals surface area contributed by atoms with E-state index >= 15 is 0 Å². The maximum Gasteiger partial charge on any atom is 0.230 e. The topological polar surface area (TPSA) is 83.6 Å². The van der Waals surface area contributed by atoms with Crippen LogP contribution in [0.2, 0.25) is 0 Å². The van der Waals surface area contributed by atoms with Crippen molar-refractivity contribution in [3.05, 3.63) is 71.3 Å². The van der Waals surface area contributed by atoms with E-state index in [0.717, 1.165) is 36.1 Å². The van der Waals surface area contributed by atoms with Crippen molar-refractivity contribution in [3.63, 3.8) is 0 Å². The van der Waals surface area contributed by atoms with E-state index in [1.165, 1.54) is 12.1 Å². The fourth-order valence-corrected chi connectivity index (χ4v) is 3.53. The van der Waals surface area contributed by atoms with Gasteiger partial charge in [-0.25, -0.2) is 4.39 Å². The van der Waals surface area contributed by atoms with Crippen molar-refractivity contribution >= 4 is 11.6 Å². The van der Waals surface area contributed by atoms with E-state index in [1.54, 1.807) is 6.07 Å². The lowest BCUT2D eigenvalue weighted by Crippen LogP contribution is -2.43. The molecule has 1 amide bonds. The van der Waals surface area contributed by atoms with Crippen LogP contribution in [0.1, 0.15) is 36.2 Å². The van der Waals surface area contributed by atoms with Crippen LogP contribution in [0, 0.1) is 11.2 Å². The molecule has 0 unspecified atom stereocenters. The Hall–Kier alpha value is -3.09. The molecular formula is C20H20FN5O. The Bertz CT molecular complexity index is 920. The largest absolute Gasteiger partial charge is 0.326 e. The van der Waals surface area contributed by atoms with Crippen LogP contribution in [0.15, 0.2) is 48.5 Å². The molecule has 0 saturated heterocycles. The van der Waals surface area contributed by atoms with E-state index in [4.69, 9.17) is 0 Å². The van der Waals surface area contributed by atoms with E-state index in [2.05, 4.69) is 25.9 Å². The van der Waals surface area contributed by atoms with Crippen LogP contribution in [0.5, 0.6) is 0 Å². The predicted molar refractivity (Wildman–Crippen MR) is 98.4 cm³/mol. The van der Waals surface area contributed by atoms with Gasteiger partial charge in [0.05, 0.1) is 5.41 Å². The van der Waals surface area contributed by atoms with Gasteiger partial charge < -0.3 is 5.32 Å². The summed E-state index contributed by atoms with van der Waals surface area (Å²) in [5, 5.41) is 16.9. The van der Waals surface area contributed by atoms with Gasteiger partial charge in [-0.1, -0.05) is 35.9 Å². The van der Waals surface area contributed by atoms with Crippen molar-refractivity contribution < 1.29 is 9.18 Å². The molecule has 1 aliphatic carbocycles. The average molecular weight is 365 g/mol. The molecular weight excluding hydrogens is 345 g/mol. The molecule has 2 N–H and O–H groups in total. The van der Waals surface area contributed by atoms with Gasteiger partial charge in [0, 0.05) is 12.1 Å². The zero-order valence-corrected chi connectivity index (χ0v) is 14.8. The lowest BCUT2D eigenvalue weighted by atomic mass is 9.64. The average Bonchev–Trinajstić information content (AvgIpc) is 3.13. The smallest absolute Gasteiger partial charge is 0.230 e. The Morgan fingerprint density at radius 2 is 1.96 bits per heavy atom. The highest BCUT2D eigenvalue weighted by molar-refractivity contribution is 5.96. The quantitative estimate of drug-likeness (QED) is 0.702. The Balaban J connectivity index is 1.42. The molecule has 1 aromatic heterocycles. The summed E-state index contributed by atoms with van der Waals surface area (Å²) < 4.78 is 13.5. The Morgan fingerprint density at radius 3 is 2.59 bits per heavy atom. The normalized spacial score (nSPS) is 15.1. The van der Waals surface area contributed by atoms with Crippen LogP contribution < -0.4 is 5.32 Å². The number of H-pyrrole nitrogens is 1. The number of rotatable bonds is 6. The Morgan fingerprint density at radius 1 is 1.15 bits per heavy atom. The maximum absolute atomic E-state index is 13.5. The highest BCUT2D eigenvalue weighted by Gasteiger charge is 2.44. The molecule has 3 aromatic rings. The number of aromatic amines is 1. The Kier molecular flexibility index (Phi) is 4.66. The molecule has 1 fully saturated rings. The van der Waals surface area contributed by atoms with Crippen LogP contribution in [0.4, 0.5) is 10.1 Å². The van der Waals surface area contributed by atoms with E-state index in [1.807, 2.05) is 30.3 Å². The minimum absolute atomic E-state index is 0.00364. The van der Waals surface area contributed by atoms with Gasteiger partial charge in [0.25, 0.3) is 0 Å². The zero-order valence-electron chi connectivity index (χ0n) is 14.8.